The first-order valence-corrected chi connectivity index (χ1v) is 10.8. The van der Waals surface area contributed by atoms with Crippen molar-refractivity contribution in [2.24, 2.45) is 0 Å². The number of rotatable bonds is 4. The van der Waals surface area contributed by atoms with Gasteiger partial charge in [-0.25, -0.2) is 14.8 Å². The van der Waals surface area contributed by atoms with Gasteiger partial charge < -0.3 is 14.8 Å². The van der Waals surface area contributed by atoms with E-state index in [-0.39, 0.29) is 6.10 Å². The second-order valence-corrected chi connectivity index (χ2v) is 8.48. The van der Waals surface area contributed by atoms with E-state index in [4.69, 9.17) is 21.1 Å². The molecular weight excluding hydrogens is 426 g/mol. The fraction of sp³-hybridized carbons (Fsp3) is 0.300. The number of aryl methyl sites for hydroxylation is 1. The van der Waals surface area contributed by atoms with E-state index in [1.807, 2.05) is 12.1 Å². The van der Waals surface area contributed by atoms with Crippen LogP contribution in [0.5, 0.6) is 0 Å². The second-order valence-electron chi connectivity index (χ2n) is 6.99. The third-order valence-corrected chi connectivity index (χ3v) is 6.58. The number of thiophene rings is 1. The Hall–Kier alpha value is -2.91. The lowest BCUT2D eigenvalue weighted by molar-refractivity contribution is 0.0223. The largest absolute Gasteiger partial charge is 0.508 e. The molecule has 1 atom stereocenters. The summed E-state index contributed by atoms with van der Waals surface area (Å²) in [6, 6.07) is 3.78. The molecule has 0 bridgehead atoms. The molecule has 4 aromatic rings. The highest BCUT2D eigenvalue weighted by Gasteiger charge is 2.27. The molecule has 1 aliphatic rings. The fourth-order valence-corrected chi connectivity index (χ4v) is 5.21. The minimum Gasteiger partial charge on any atom is -0.435 e. The summed E-state index contributed by atoms with van der Waals surface area (Å²) in [7, 11) is 0. The number of carbonyl (C=O) groups excluding carboxylic acids is 1. The van der Waals surface area contributed by atoms with E-state index < -0.39 is 6.16 Å². The molecule has 1 aliphatic carbocycles. The molecule has 8 nitrogen and oxygen atoms in total. The summed E-state index contributed by atoms with van der Waals surface area (Å²) in [4.78, 5) is 22.7. The molecule has 30 heavy (non-hydrogen) atoms. The summed E-state index contributed by atoms with van der Waals surface area (Å²) < 4.78 is 10.3. The average Bonchev–Trinajstić information content (AvgIpc) is 3.32. The van der Waals surface area contributed by atoms with Crippen molar-refractivity contribution in [3.8, 4) is 0 Å². The molecule has 3 heterocycles. The van der Waals surface area contributed by atoms with Crippen LogP contribution < -0.4 is 5.32 Å². The van der Waals surface area contributed by atoms with E-state index in [0.717, 1.165) is 44.5 Å². The van der Waals surface area contributed by atoms with Crippen molar-refractivity contribution in [3.63, 3.8) is 0 Å². The number of carbonyl (C=O) groups is 1. The maximum atomic E-state index is 11.7. The van der Waals surface area contributed by atoms with Gasteiger partial charge in [-0.1, -0.05) is 11.6 Å². The van der Waals surface area contributed by atoms with E-state index in [1.54, 1.807) is 30.8 Å². The third kappa shape index (κ3) is 3.44. The van der Waals surface area contributed by atoms with Crippen LogP contribution in [-0.2, 0) is 22.3 Å². The van der Waals surface area contributed by atoms with Crippen LogP contribution in [-0.4, -0.2) is 39.0 Å². The molecule has 10 heteroatoms. The number of anilines is 2. The van der Waals surface area contributed by atoms with E-state index in [0.29, 0.717) is 23.9 Å². The predicted octanol–water partition coefficient (Wildman–Crippen LogP) is 5.00. The van der Waals surface area contributed by atoms with Crippen LogP contribution in [0.15, 0.2) is 24.7 Å². The summed E-state index contributed by atoms with van der Waals surface area (Å²) in [6.07, 6.45) is 4.65. The molecule has 0 radical (unpaired) electrons. The Balaban J connectivity index is 1.47. The predicted molar refractivity (Wildman–Crippen MR) is 116 cm³/mol. The van der Waals surface area contributed by atoms with E-state index in [2.05, 4.69) is 25.5 Å². The van der Waals surface area contributed by atoms with Gasteiger partial charge >= 0.3 is 6.16 Å². The maximum Gasteiger partial charge on any atom is 0.508 e. The maximum absolute atomic E-state index is 11.7. The summed E-state index contributed by atoms with van der Waals surface area (Å²) in [5.41, 5.74) is 2.83. The standard InChI is InChI=1S/C20H18ClN5O3S/c1-2-28-20(27)29-11-3-4-12-16(6-11)30-19-17(12)18(22-9-23-19)25-15-5-10-8-24-26-14(10)7-13(15)21/h5,7-9,11H,2-4,6H2,1H3,(H,24,26)(H,22,23,25). The van der Waals surface area contributed by atoms with Crippen molar-refractivity contribution in [2.45, 2.75) is 32.3 Å². The third-order valence-electron chi connectivity index (χ3n) is 5.11. The van der Waals surface area contributed by atoms with Gasteiger partial charge in [0.2, 0.25) is 0 Å². The van der Waals surface area contributed by atoms with Gasteiger partial charge in [-0.05, 0) is 37.5 Å². The van der Waals surface area contributed by atoms with Crippen molar-refractivity contribution < 1.29 is 14.3 Å². The Morgan fingerprint density at radius 2 is 2.30 bits per heavy atom. The minimum absolute atomic E-state index is 0.188. The number of aromatic nitrogens is 4. The smallest absolute Gasteiger partial charge is 0.435 e. The molecular formula is C20H18ClN5O3S. The lowest BCUT2D eigenvalue weighted by Crippen LogP contribution is -2.25. The quantitative estimate of drug-likeness (QED) is 0.428. The van der Waals surface area contributed by atoms with Crippen LogP contribution in [0.3, 0.4) is 0 Å². The molecule has 0 spiro atoms. The number of nitrogens with zero attached hydrogens (tertiary/aromatic N) is 3. The number of hydrogen-bond acceptors (Lipinski definition) is 8. The number of aromatic amines is 1. The van der Waals surface area contributed by atoms with Crippen molar-refractivity contribution in [1.82, 2.24) is 20.2 Å². The Morgan fingerprint density at radius 3 is 3.17 bits per heavy atom. The number of nitrogens with one attached hydrogen (secondary N) is 2. The average molecular weight is 444 g/mol. The van der Waals surface area contributed by atoms with Gasteiger partial charge in [0.1, 0.15) is 23.1 Å². The van der Waals surface area contributed by atoms with Gasteiger partial charge in [0.25, 0.3) is 0 Å². The Labute approximate surface area is 180 Å². The number of ether oxygens (including phenoxy) is 2. The second kappa shape index (κ2) is 7.73. The molecule has 0 saturated heterocycles. The van der Waals surface area contributed by atoms with Crippen LogP contribution in [0.2, 0.25) is 5.02 Å². The van der Waals surface area contributed by atoms with E-state index >= 15 is 0 Å². The summed E-state index contributed by atoms with van der Waals surface area (Å²) >= 11 is 8.07. The highest BCUT2D eigenvalue weighted by molar-refractivity contribution is 7.19. The molecule has 2 N–H and O–H groups in total. The van der Waals surface area contributed by atoms with Gasteiger partial charge in [0.15, 0.2) is 0 Å². The molecule has 5 rings (SSSR count). The zero-order valence-corrected chi connectivity index (χ0v) is 17.6. The van der Waals surface area contributed by atoms with Crippen molar-refractivity contribution in [1.29, 1.82) is 0 Å². The van der Waals surface area contributed by atoms with Crippen LogP contribution in [0.4, 0.5) is 16.3 Å². The Morgan fingerprint density at radius 1 is 1.40 bits per heavy atom. The van der Waals surface area contributed by atoms with E-state index in [1.165, 1.54) is 5.56 Å². The number of halogens is 1. The monoisotopic (exact) mass is 443 g/mol. The summed E-state index contributed by atoms with van der Waals surface area (Å²) in [5.74, 6) is 0.715. The van der Waals surface area contributed by atoms with Gasteiger partial charge in [-0.3, -0.25) is 5.10 Å². The highest BCUT2D eigenvalue weighted by Crippen LogP contribution is 2.40. The number of fused-ring (bicyclic) bond motifs is 4. The van der Waals surface area contributed by atoms with Crippen LogP contribution in [0.1, 0.15) is 23.8 Å². The molecule has 154 valence electrons. The van der Waals surface area contributed by atoms with Crippen molar-refractivity contribution in [3.05, 3.63) is 40.1 Å². The van der Waals surface area contributed by atoms with Crippen LogP contribution in [0.25, 0.3) is 21.1 Å². The van der Waals surface area contributed by atoms with Gasteiger partial charge in [-0.2, -0.15) is 5.10 Å². The Bertz CT molecular complexity index is 1250. The van der Waals surface area contributed by atoms with E-state index in [9.17, 15) is 4.79 Å². The normalized spacial score (nSPS) is 15.9. The van der Waals surface area contributed by atoms with Gasteiger partial charge in [0.05, 0.1) is 34.4 Å². The first-order valence-electron chi connectivity index (χ1n) is 9.60. The zero-order chi connectivity index (χ0) is 20.7. The first kappa shape index (κ1) is 19.1. The summed E-state index contributed by atoms with van der Waals surface area (Å²) in [6.45, 7) is 2.06. The van der Waals surface area contributed by atoms with Crippen molar-refractivity contribution >= 4 is 61.7 Å². The number of H-pyrrole nitrogens is 1. The molecule has 3 aromatic heterocycles. The van der Waals surface area contributed by atoms with Crippen molar-refractivity contribution in [2.75, 3.05) is 11.9 Å². The Kier molecular flexibility index (Phi) is 4.92. The topological polar surface area (TPSA) is 102 Å². The molecule has 0 fully saturated rings. The van der Waals surface area contributed by atoms with Crippen LogP contribution in [0, 0.1) is 0 Å². The van der Waals surface area contributed by atoms with Crippen LogP contribution >= 0.6 is 22.9 Å². The molecule has 0 aliphatic heterocycles. The highest BCUT2D eigenvalue weighted by atomic mass is 35.5. The molecule has 1 aromatic carbocycles. The summed E-state index contributed by atoms with van der Waals surface area (Å²) in [5, 5.41) is 12.9. The number of benzene rings is 1. The lowest BCUT2D eigenvalue weighted by Gasteiger charge is -2.22. The minimum atomic E-state index is -0.613. The molecule has 0 saturated carbocycles. The van der Waals surface area contributed by atoms with Gasteiger partial charge in [-0.15, -0.1) is 11.3 Å². The zero-order valence-electron chi connectivity index (χ0n) is 16.1. The SMILES string of the molecule is CCOC(=O)OC1CCc2c(sc3ncnc(Nc4cc5cn[nH]c5cc4Cl)c23)C1. The van der Waals surface area contributed by atoms with Gasteiger partial charge in [0, 0.05) is 16.7 Å². The molecule has 1 unspecified atom stereocenters. The molecule has 0 amide bonds. The lowest BCUT2D eigenvalue weighted by atomic mass is 9.94. The fourth-order valence-electron chi connectivity index (χ4n) is 3.75. The first-order chi connectivity index (χ1) is 14.6. The number of hydrogen-bond donors (Lipinski definition) is 2.